The van der Waals surface area contributed by atoms with Gasteiger partial charge in [0.1, 0.15) is 23.0 Å². The summed E-state index contributed by atoms with van der Waals surface area (Å²) in [6, 6.07) is 9.56. The number of hydrogen-bond acceptors (Lipinski definition) is 6. The van der Waals surface area contributed by atoms with Crippen LogP contribution in [0.25, 0.3) is 0 Å². The number of carbonyl (C=O) groups excluding carboxylic acids is 2. The fraction of sp³-hybridized carbons (Fsp3) is 0.375. The molecule has 1 aromatic heterocycles. The summed E-state index contributed by atoms with van der Waals surface area (Å²) in [5, 5.41) is 17.3. The number of ether oxygens (including phenoxy) is 1. The molecule has 0 bridgehead atoms. The van der Waals surface area contributed by atoms with Gasteiger partial charge < -0.3 is 20.1 Å². The van der Waals surface area contributed by atoms with Crippen molar-refractivity contribution in [3.63, 3.8) is 0 Å². The van der Waals surface area contributed by atoms with E-state index in [0.717, 1.165) is 23.5 Å². The first-order chi connectivity index (χ1) is 16.8. The maximum absolute atomic E-state index is 13.4. The second-order valence-electron chi connectivity index (χ2n) is 8.61. The molecule has 3 heterocycles. The van der Waals surface area contributed by atoms with Crippen molar-refractivity contribution in [3.8, 4) is 5.75 Å². The van der Waals surface area contributed by atoms with Crippen LogP contribution >= 0.6 is 0 Å². The number of amides is 3. The number of benzene rings is 1. The van der Waals surface area contributed by atoms with Gasteiger partial charge in [0.2, 0.25) is 5.91 Å². The van der Waals surface area contributed by atoms with Crippen molar-refractivity contribution >= 4 is 23.6 Å². The largest absolute Gasteiger partial charge is 0.492 e. The number of halogens is 1. The molecule has 1 fully saturated rings. The summed E-state index contributed by atoms with van der Waals surface area (Å²) in [7, 11) is 1.60. The Labute approximate surface area is 201 Å². The molecule has 184 valence electrons. The number of nitrogens with one attached hydrogen (secondary N) is 1. The summed E-state index contributed by atoms with van der Waals surface area (Å²) in [6.45, 7) is 0.357. The van der Waals surface area contributed by atoms with Crippen LogP contribution in [-0.2, 0) is 16.0 Å². The van der Waals surface area contributed by atoms with E-state index in [1.165, 1.54) is 16.1 Å². The van der Waals surface area contributed by atoms with Crippen LogP contribution < -0.4 is 10.1 Å². The van der Waals surface area contributed by atoms with Crippen LogP contribution in [0, 0.1) is 11.2 Å². The number of aromatic nitrogens is 1. The third-order valence-electron chi connectivity index (χ3n) is 6.22. The van der Waals surface area contributed by atoms with E-state index in [2.05, 4.69) is 15.4 Å². The highest BCUT2D eigenvalue weighted by Crippen LogP contribution is 2.38. The number of carbonyl (C=O) groups is 3. The van der Waals surface area contributed by atoms with E-state index in [-0.39, 0.29) is 31.2 Å². The molecule has 3 amide bonds. The Kier molecular flexibility index (Phi) is 6.94. The number of rotatable bonds is 8. The highest BCUT2D eigenvalue weighted by Gasteiger charge is 2.53. The van der Waals surface area contributed by atoms with Gasteiger partial charge in [0.05, 0.1) is 24.7 Å². The average molecular weight is 484 g/mol. The van der Waals surface area contributed by atoms with Gasteiger partial charge in [-0.1, -0.05) is 30.3 Å². The number of pyridine rings is 1. The van der Waals surface area contributed by atoms with Crippen LogP contribution in [0.1, 0.15) is 18.4 Å². The second-order valence-corrected chi connectivity index (χ2v) is 8.61. The number of hydrogen-bond donors (Lipinski definition) is 2. The molecular formula is C24H26FN5O5. The second kappa shape index (κ2) is 10.1. The van der Waals surface area contributed by atoms with E-state index < -0.39 is 29.3 Å². The Morgan fingerprint density at radius 3 is 2.77 bits per heavy atom. The molecule has 2 N–H and O–H groups in total. The van der Waals surface area contributed by atoms with E-state index in [4.69, 9.17) is 4.74 Å². The molecule has 0 aliphatic carbocycles. The van der Waals surface area contributed by atoms with Gasteiger partial charge in [0.25, 0.3) is 5.91 Å². The SMILES string of the molecule is CN1N=C2CCN(C(=O)[C@@H](CCOc3cncc(F)c3)NC(=O)O)C[C@@]2(Cc2ccccc2)C1=O. The topological polar surface area (TPSA) is 124 Å². The van der Waals surface area contributed by atoms with Crippen LogP contribution in [0.4, 0.5) is 9.18 Å². The molecule has 4 rings (SSSR count). The van der Waals surface area contributed by atoms with Gasteiger partial charge >= 0.3 is 6.09 Å². The van der Waals surface area contributed by atoms with Crippen LogP contribution in [-0.4, -0.2) is 76.4 Å². The van der Waals surface area contributed by atoms with Crippen LogP contribution in [0.5, 0.6) is 5.75 Å². The zero-order valence-electron chi connectivity index (χ0n) is 19.2. The summed E-state index contributed by atoms with van der Waals surface area (Å²) in [5.74, 6) is -1.05. The summed E-state index contributed by atoms with van der Waals surface area (Å²) < 4.78 is 18.8. The van der Waals surface area contributed by atoms with Crippen molar-refractivity contribution in [2.75, 3.05) is 26.7 Å². The van der Waals surface area contributed by atoms with Gasteiger partial charge in [-0.2, -0.15) is 5.10 Å². The standard InChI is InChI=1S/C24H26FN5O5/c1-29-22(32)24(12-16-5-3-2-4-6-16)15-30(9-7-20(24)28-29)21(31)19(27-23(33)34)8-10-35-18-11-17(25)13-26-14-18/h2-6,11,13-14,19,27H,7-10,12,15H2,1H3,(H,33,34)/t19-,24-/m1/s1. The lowest BCUT2D eigenvalue weighted by molar-refractivity contribution is -0.140. The molecule has 0 saturated carbocycles. The number of nitrogens with zero attached hydrogens (tertiary/aromatic N) is 4. The van der Waals surface area contributed by atoms with Crippen molar-refractivity contribution in [2.24, 2.45) is 10.5 Å². The Morgan fingerprint density at radius 2 is 2.06 bits per heavy atom. The molecule has 2 atom stereocenters. The lowest BCUT2D eigenvalue weighted by atomic mass is 9.73. The van der Waals surface area contributed by atoms with Crippen LogP contribution in [0.15, 0.2) is 53.9 Å². The van der Waals surface area contributed by atoms with E-state index in [1.807, 2.05) is 30.3 Å². The number of fused-ring (bicyclic) bond motifs is 1. The molecular weight excluding hydrogens is 457 g/mol. The minimum absolute atomic E-state index is 0.0125. The molecule has 0 spiro atoms. The highest BCUT2D eigenvalue weighted by atomic mass is 19.1. The average Bonchev–Trinajstić information content (AvgIpc) is 3.07. The Hall–Kier alpha value is -4.02. The lowest BCUT2D eigenvalue weighted by Gasteiger charge is -2.40. The molecule has 2 aliphatic rings. The normalized spacial score (nSPS) is 20.2. The quantitative estimate of drug-likeness (QED) is 0.591. The minimum Gasteiger partial charge on any atom is -0.492 e. The molecule has 0 unspecified atom stereocenters. The third-order valence-corrected chi connectivity index (χ3v) is 6.22. The van der Waals surface area contributed by atoms with Gasteiger partial charge in [-0.05, 0) is 12.0 Å². The Bertz CT molecular complexity index is 1140. The van der Waals surface area contributed by atoms with Gasteiger partial charge in [-0.25, -0.2) is 14.2 Å². The summed E-state index contributed by atoms with van der Waals surface area (Å²) in [6.07, 6.45) is 1.80. The molecule has 35 heavy (non-hydrogen) atoms. The minimum atomic E-state index is -1.36. The van der Waals surface area contributed by atoms with E-state index in [1.54, 1.807) is 7.05 Å². The molecule has 2 aromatic rings. The van der Waals surface area contributed by atoms with Crippen LogP contribution in [0.2, 0.25) is 0 Å². The fourth-order valence-corrected chi connectivity index (χ4v) is 4.61. The molecule has 1 saturated heterocycles. The van der Waals surface area contributed by atoms with Crippen molar-refractivity contribution in [1.82, 2.24) is 20.2 Å². The Morgan fingerprint density at radius 1 is 1.29 bits per heavy atom. The molecule has 10 nitrogen and oxygen atoms in total. The number of piperidine rings is 1. The maximum atomic E-state index is 13.4. The van der Waals surface area contributed by atoms with Crippen LogP contribution in [0.3, 0.4) is 0 Å². The molecule has 2 aliphatic heterocycles. The number of carboxylic acid groups (broad SMARTS) is 1. The van der Waals surface area contributed by atoms with Crippen molar-refractivity contribution in [2.45, 2.75) is 25.3 Å². The maximum Gasteiger partial charge on any atom is 0.405 e. The number of hydrazone groups is 1. The predicted molar refractivity (Wildman–Crippen MR) is 123 cm³/mol. The lowest BCUT2D eigenvalue weighted by Crippen LogP contribution is -2.59. The van der Waals surface area contributed by atoms with Gasteiger partial charge in [-0.15, -0.1) is 0 Å². The molecule has 0 radical (unpaired) electrons. The Balaban J connectivity index is 1.50. The monoisotopic (exact) mass is 483 g/mol. The van der Waals surface area contributed by atoms with Gasteiger partial charge in [0, 0.05) is 39.0 Å². The van der Waals surface area contributed by atoms with Crippen molar-refractivity contribution in [3.05, 3.63) is 60.2 Å². The van der Waals surface area contributed by atoms with Gasteiger partial charge in [-0.3, -0.25) is 14.6 Å². The zero-order chi connectivity index (χ0) is 25.0. The first-order valence-corrected chi connectivity index (χ1v) is 11.2. The van der Waals surface area contributed by atoms with E-state index in [9.17, 15) is 23.9 Å². The third kappa shape index (κ3) is 5.23. The molecule has 11 heteroatoms. The number of likely N-dealkylation sites (tertiary alicyclic amines) is 1. The smallest absolute Gasteiger partial charge is 0.405 e. The van der Waals surface area contributed by atoms with E-state index in [0.29, 0.717) is 19.4 Å². The van der Waals surface area contributed by atoms with Crippen molar-refractivity contribution in [1.29, 1.82) is 0 Å². The van der Waals surface area contributed by atoms with E-state index >= 15 is 0 Å². The summed E-state index contributed by atoms with van der Waals surface area (Å²) in [5.41, 5.74) is 0.666. The molecule has 1 aromatic carbocycles. The van der Waals surface area contributed by atoms with Gasteiger partial charge in [0.15, 0.2) is 0 Å². The van der Waals surface area contributed by atoms with Crippen molar-refractivity contribution < 1.29 is 28.6 Å². The summed E-state index contributed by atoms with van der Waals surface area (Å²) in [4.78, 5) is 43.3. The summed E-state index contributed by atoms with van der Waals surface area (Å²) >= 11 is 0. The first-order valence-electron chi connectivity index (χ1n) is 11.2. The predicted octanol–water partition coefficient (Wildman–Crippen LogP) is 1.92. The highest BCUT2D eigenvalue weighted by molar-refractivity contribution is 6.13. The fourth-order valence-electron chi connectivity index (χ4n) is 4.61. The zero-order valence-corrected chi connectivity index (χ0v) is 19.2. The first kappa shape index (κ1) is 24.1.